The van der Waals surface area contributed by atoms with Crippen LogP contribution in [-0.4, -0.2) is 13.4 Å². The maximum Gasteiger partial charge on any atom is 0.150 e. The first kappa shape index (κ1) is 14.2. The molecule has 0 N–H and O–H groups in total. The van der Waals surface area contributed by atoms with Crippen molar-refractivity contribution in [3.8, 4) is 5.75 Å². The van der Waals surface area contributed by atoms with Gasteiger partial charge in [0.1, 0.15) is 12.0 Å². The van der Waals surface area contributed by atoms with Crippen LogP contribution >= 0.6 is 27.7 Å². The van der Waals surface area contributed by atoms with Crippen molar-refractivity contribution in [3.63, 3.8) is 0 Å². The number of thioether (sulfide) groups is 1. The van der Waals surface area contributed by atoms with Crippen LogP contribution in [0.25, 0.3) is 0 Å². The quantitative estimate of drug-likeness (QED) is 0.591. The fourth-order valence-corrected chi connectivity index (χ4v) is 2.95. The zero-order valence-electron chi connectivity index (χ0n) is 10.4. The molecule has 0 unspecified atom stereocenters. The Balaban J connectivity index is 2.09. The summed E-state index contributed by atoms with van der Waals surface area (Å²) in [6.07, 6.45) is 0.853. The fraction of sp³-hybridized carbons (Fsp3) is 0.133. The second-order valence-electron chi connectivity index (χ2n) is 3.93. The summed E-state index contributed by atoms with van der Waals surface area (Å²) in [6.45, 7) is 0. The van der Waals surface area contributed by atoms with Crippen LogP contribution in [0.2, 0.25) is 0 Å². The molecule has 0 bridgehead atoms. The molecule has 0 radical (unpaired) electrons. The number of carbonyl (C=O) groups excluding carboxylic acids is 1. The van der Waals surface area contributed by atoms with Crippen molar-refractivity contribution >= 4 is 34.0 Å². The van der Waals surface area contributed by atoms with Gasteiger partial charge in [-0.3, -0.25) is 4.79 Å². The van der Waals surface area contributed by atoms with Crippen LogP contribution in [0.1, 0.15) is 15.9 Å². The van der Waals surface area contributed by atoms with Gasteiger partial charge in [0.2, 0.25) is 0 Å². The molecular formula is C15H13BrO2S. The molecule has 0 saturated carbocycles. The minimum absolute atomic E-state index is 0.699. The molecule has 0 atom stereocenters. The molecule has 0 saturated heterocycles. The standard InChI is InChI=1S/C15H13BrO2S/c1-18-15-7-4-13(16)8-12(15)10-19-14-5-2-11(9-17)3-6-14/h2-9H,10H2,1H3. The number of methoxy groups -OCH3 is 1. The maximum absolute atomic E-state index is 10.6. The third kappa shape index (κ3) is 3.85. The number of carbonyl (C=O) groups is 1. The summed E-state index contributed by atoms with van der Waals surface area (Å²) >= 11 is 5.18. The molecule has 0 aliphatic carbocycles. The van der Waals surface area contributed by atoms with Crippen molar-refractivity contribution in [2.45, 2.75) is 10.6 Å². The van der Waals surface area contributed by atoms with E-state index in [1.54, 1.807) is 18.9 Å². The van der Waals surface area contributed by atoms with Gasteiger partial charge >= 0.3 is 0 Å². The second-order valence-corrected chi connectivity index (χ2v) is 5.90. The van der Waals surface area contributed by atoms with E-state index >= 15 is 0 Å². The van der Waals surface area contributed by atoms with Crippen molar-refractivity contribution in [2.75, 3.05) is 7.11 Å². The Morgan fingerprint density at radius 3 is 2.58 bits per heavy atom. The molecule has 0 heterocycles. The van der Waals surface area contributed by atoms with Crippen LogP contribution in [0.15, 0.2) is 51.8 Å². The lowest BCUT2D eigenvalue weighted by Gasteiger charge is -2.09. The molecule has 0 spiro atoms. The van der Waals surface area contributed by atoms with Crippen LogP contribution in [0.4, 0.5) is 0 Å². The van der Waals surface area contributed by atoms with Crippen molar-refractivity contribution < 1.29 is 9.53 Å². The highest BCUT2D eigenvalue weighted by atomic mass is 79.9. The Hall–Kier alpha value is -1.26. The predicted molar refractivity (Wildman–Crippen MR) is 82.1 cm³/mol. The zero-order valence-corrected chi connectivity index (χ0v) is 12.8. The summed E-state index contributed by atoms with van der Waals surface area (Å²) in [5, 5.41) is 0. The highest BCUT2D eigenvalue weighted by molar-refractivity contribution is 9.10. The van der Waals surface area contributed by atoms with Gasteiger partial charge < -0.3 is 4.74 Å². The van der Waals surface area contributed by atoms with E-state index in [1.165, 1.54) is 0 Å². The molecule has 0 aliphatic rings. The van der Waals surface area contributed by atoms with Crippen LogP contribution < -0.4 is 4.74 Å². The van der Waals surface area contributed by atoms with Crippen LogP contribution in [-0.2, 0) is 5.75 Å². The number of ether oxygens (including phenoxy) is 1. The van der Waals surface area contributed by atoms with E-state index in [-0.39, 0.29) is 0 Å². The maximum atomic E-state index is 10.6. The zero-order chi connectivity index (χ0) is 13.7. The number of aldehydes is 1. The topological polar surface area (TPSA) is 26.3 Å². The van der Waals surface area contributed by atoms with Gasteiger partial charge in [-0.15, -0.1) is 11.8 Å². The van der Waals surface area contributed by atoms with E-state index < -0.39 is 0 Å². The molecule has 0 aliphatic heterocycles. The molecule has 0 aromatic heterocycles. The molecule has 19 heavy (non-hydrogen) atoms. The molecule has 2 aromatic carbocycles. The van der Waals surface area contributed by atoms with Crippen molar-refractivity contribution in [3.05, 3.63) is 58.1 Å². The Labute approximate surface area is 125 Å². The van der Waals surface area contributed by atoms with E-state index in [4.69, 9.17) is 4.74 Å². The number of hydrogen-bond donors (Lipinski definition) is 0. The monoisotopic (exact) mass is 336 g/mol. The lowest BCUT2D eigenvalue weighted by atomic mass is 10.2. The number of rotatable bonds is 5. The Morgan fingerprint density at radius 2 is 1.95 bits per heavy atom. The molecule has 0 amide bonds. The number of benzene rings is 2. The van der Waals surface area contributed by atoms with Gasteiger partial charge in [-0.25, -0.2) is 0 Å². The molecule has 2 nitrogen and oxygen atoms in total. The van der Waals surface area contributed by atoms with E-state index in [0.29, 0.717) is 5.56 Å². The van der Waals surface area contributed by atoms with E-state index in [1.807, 2.05) is 36.4 Å². The molecule has 4 heteroatoms. The Bertz CT molecular complexity index is 567. The minimum atomic E-state index is 0.699. The van der Waals surface area contributed by atoms with E-state index in [0.717, 1.165) is 32.7 Å². The third-order valence-electron chi connectivity index (χ3n) is 2.65. The molecule has 2 rings (SSSR count). The van der Waals surface area contributed by atoms with Gasteiger partial charge in [0, 0.05) is 26.2 Å². The summed E-state index contributed by atoms with van der Waals surface area (Å²) in [6, 6.07) is 13.5. The van der Waals surface area contributed by atoms with Crippen molar-refractivity contribution in [1.82, 2.24) is 0 Å². The summed E-state index contributed by atoms with van der Waals surface area (Å²) in [4.78, 5) is 11.7. The summed E-state index contributed by atoms with van der Waals surface area (Å²) in [5.74, 6) is 1.71. The summed E-state index contributed by atoms with van der Waals surface area (Å²) in [5.41, 5.74) is 1.84. The van der Waals surface area contributed by atoms with E-state index in [2.05, 4.69) is 22.0 Å². The van der Waals surface area contributed by atoms with Gasteiger partial charge in [-0.2, -0.15) is 0 Å². The van der Waals surface area contributed by atoms with Crippen LogP contribution in [0.5, 0.6) is 5.75 Å². The first-order valence-electron chi connectivity index (χ1n) is 5.73. The molecule has 2 aromatic rings. The van der Waals surface area contributed by atoms with Crippen LogP contribution in [0, 0.1) is 0 Å². The third-order valence-corrected chi connectivity index (χ3v) is 4.21. The summed E-state index contributed by atoms with van der Waals surface area (Å²) < 4.78 is 6.39. The van der Waals surface area contributed by atoms with Crippen molar-refractivity contribution in [1.29, 1.82) is 0 Å². The highest BCUT2D eigenvalue weighted by Crippen LogP contribution is 2.30. The van der Waals surface area contributed by atoms with Crippen LogP contribution in [0.3, 0.4) is 0 Å². The van der Waals surface area contributed by atoms with Gasteiger partial charge in [0.15, 0.2) is 0 Å². The normalized spacial score (nSPS) is 10.2. The highest BCUT2D eigenvalue weighted by Gasteiger charge is 2.04. The lowest BCUT2D eigenvalue weighted by Crippen LogP contribution is -1.90. The average molecular weight is 337 g/mol. The molecule has 98 valence electrons. The van der Waals surface area contributed by atoms with Gasteiger partial charge in [-0.05, 0) is 30.3 Å². The smallest absolute Gasteiger partial charge is 0.150 e. The average Bonchev–Trinajstić information content (AvgIpc) is 2.46. The first-order valence-corrected chi connectivity index (χ1v) is 7.51. The summed E-state index contributed by atoms with van der Waals surface area (Å²) in [7, 11) is 1.68. The largest absolute Gasteiger partial charge is 0.496 e. The molecule has 0 fully saturated rings. The lowest BCUT2D eigenvalue weighted by molar-refractivity contribution is 0.112. The SMILES string of the molecule is COc1ccc(Br)cc1CSc1ccc(C=O)cc1. The van der Waals surface area contributed by atoms with E-state index in [9.17, 15) is 4.79 Å². The van der Waals surface area contributed by atoms with Gasteiger partial charge in [-0.1, -0.05) is 28.1 Å². The minimum Gasteiger partial charge on any atom is -0.496 e. The second kappa shape index (κ2) is 6.78. The van der Waals surface area contributed by atoms with Crippen molar-refractivity contribution in [2.24, 2.45) is 0 Å². The Kier molecular flexibility index (Phi) is 5.05. The van der Waals surface area contributed by atoms with Gasteiger partial charge in [0.05, 0.1) is 7.11 Å². The fourth-order valence-electron chi connectivity index (χ4n) is 1.66. The number of hydrogen-bond acceptors (Lipinski definition) is 3. The van der Waals surface area contributed by atoms with Gasteiger partial charge in [0.25, 0.3) is 0 Å². The molecular weight excluding hydrogens is 324 g/mol. The predicted octanol–water partition coefficient (Wildman–Crippen LogP) is 4.56. The Morgan fingerprint density at radius 1 is 1.21 bits per heavy atom. The first-order chi connectivity index (χ1) is 9.22. The number of halogens is 1.